The largest absolute Gasteiger partial charge is 0.472 e. The topological polar surface area (TPSA) is 149 Å². The number of allylic oxidation sites excluding steroid dienone is 6. The number of hydrogen-bond acceptors (Lipinski definition) is 9. The van der Waals surface area contributed by atoms with Gasteiger partial charge in [0.1, 0.15) is 12.7 Å². The summed E-state index contributed by atoms with van der Waals surface area (Å²) >= 11 is 0. The van der Waals surface area contributed by atoms with Gasteiger partial charge in [-0.1, -0.05) is 140 Å². The number of carbonyl (C=O) groups excluding carboxylic acids is 2. The highest BCUT2D eigenvalue weighted by Crippen LogP contribution is 2.43. The van der Waals surface area contributed by atoms with Gasteiger partial charge in [-0.15, -0.1) is 0 Å². The van der Waals surface area contributed by atoms with E-state index >= 15 is 0 Å². The molecule has 0 aromatic heterocycles. The minimum atomic E-state index is -4.61. The van der Waals surface area contributed by atoms with Gasteiger partial charge in [-0.25, -0.2) is 4.57 Å². The van der Waals surface area contributed by atoms with Crippen LogP contribution in [0.3, 0.4) is 0 Å². The molecule has 0 spiro atoms. The second-order valence-electron chi connectivity index (χ2n) is 12.3. The third-order valence-corrected chi connectivity index (χ3v) is 8.57. The van der Waals surface area contributed by atoms with E-state index < -0.39 is 51.8 Å². The number of carbonyl (C=O) groups is 2. The fourth-order valence-electron chi connectivity index (χ4n) is 4.76. The molecular formula is C37H67O10P. The quantitative estimate of drug-likeness (QED) is 0.0257. The number of esters is 2. The van der Waals surface area contributed by atoms with Crippen molar-refractivity contribution in [2.24, 2.45) is 0 Å². The molecule has 0 aliphatic rings. The lowest BCUT2D eigenvalue weighted by molar-refractivity contribution is -0.161. The maximum Gasteiger partial charge on any atom is 0.472 e. The normalized spacial score (nSPS) is 14.5. The first-order chi connectivity index (χ1) is 23.2. The summed E-state index contributed by atoms with van der Waals surface area (Å²) in [5.41, 5.74) is 0. The zero-order valence-corrected chi connectivity index (χ0v) is 30.8. The number of unbranched alkanes of at least 4 members (excludes halogenated alkanes) is 16. The Morgan fingerprint density at radius 3 is 1.71 bits per heavy atom. The van der Waals surface area contributed by atoms with Gasteiger partial charge in [0.25, 0.3) is 0 Å². The minimum absolute atomic E-state index is 0.162. The van der Waals surface area contributed by atoms with Gasteiger partial charge in [-0.3, -0.25) is 18.6 Å². The Labute approximate surface area is 291 Å². The van der Waals surface area contributed by atoms with E-state index in [4.69, 9.17) is 19.1 Å². The second kappa shape index (κ2) is 33.7. The predicted octanol–water partition coefficient (Wildman–Crippen LogP) is 8.83. The summed E-state index contributed by atoms with van der Waals surface area (Å²) in [4.78, 5) is 34.7. The summed E-state index contributed by atoms with van der Waals surface area (Å²) in [7, 11) is -4.61. The van der Waals surface area contributed by atoms with Crippen molar-refractivity contribution in [2.45, 2.75) is 161 Å². The van der Waals surface area contributed by atoms with E-state index in [0.29, 0.717) is 12.8 Å². The Morgan fingerprint density at radius 1 is 0.646 bits per heavy atom. The van der Waals surface area contributed by atoms with Gasteiger partial charge in [-0.2, -0.15) is 0 Å². The van der Waals surface area contributed by atoms with E-state index in [-0.39, 0.29) is 19.4 Å². The Morgan fingerprint density at radius 2 is 1.15 bits per heavy atom. The van der Waals surface area contributed by atoms with Crippen LogP contribution in [0.2, 0.25) is 0 Å². The molecule has 10 nitrogen and oxygen atoms in total. The van der Waals surface area contributed by atoms with Crippen molar-refractivity contribution in [1.82, 2.24) is 0 Å². The Kier molecular flexibility index (Phi) is 32.4. The monoisotopic (exact) mass is 702 g/mol. The molecule has 0 amide bonds. The molecule has 0 heterocycles. The highest BCUT2D eigenvalue weighted by molar-refractivity contribution is 7.47. The van der Waals surface area contributed by atoms with Crippen LogP contribution in [-0.4, -0.2) is 65.7 Å². The maximum atomic E-state index is 12.5. The van der Waals surface area contributed by atoms with Crippen molar-refractivity contribution in [2.75, 3.05) is 26.4 Å². The average molecular weight is 703 g/mol. The smallest absolute Gasteiger partial charge is 0.462 e. The predicted molar refractivity (Wildman–Crippen MR) is 191 cm³/mol. The first kappa shape index (κ1) is 46.2. The molecule has 0 bridgehead atoms. The zero-order valence-electron chi connectivity index (χ0n) is 29.9. The molecule has 0 radical (unpaired) electrons. The van der Waals surface area contributed by atoms with Gasteiger partial charge in [0.2, 0.25) is 0 Å². The van der Waals surface area contributed by atoms with Crippen molar-refractivity contribution in [1.29, 1.82) is 0 Å². The summed E-state index contributed by atoms with van der Waals surface area (Å²) < 4.78 is 32.5. The fourth-order valence-corrected chi connectivity index (χ4v) is 5.55. The third-order valence-electron chi connectivity index (χ3n) is 7.62. The van der Waals surface area contributed by atoms with Gasteiger partial charge in [-0.05, 0) is 32.1 Å². The highest BCUT2D eigenvalue weighted by Gasteiger charge is 2.27. The van der Waals surface area contributed by atoms with Crippen molar-refractivity contribution in [3.8, 4) is 0 Å². The van der Waals surface area contributed by atoms with Crippen molar-refractivity contribution >= 4 is 19.8 Å². The van der Waals surface area contributed by atoms with E-state index in [0.717, 1.165) is 57.8 Å². The molecule has 280 valence electrons. The minimum Gasteiger partial charge on any atom is -0.462 e. The van der Waals surface area contributed by atoms with Crippen LogP contribution < -0.4 is 0 Å². The molecule has 2 unspecified atom stereocenters. The molecule has 0 aromatic rings. The van der Waals surface area contributed by atoms with E-state index in [2.05, 4.69) is 30.5 Å². The number of aliphatic hydroxyl groups excluding tert-OH is 2. The lowest BCUT2D eigenvalue weighted by Gasteiger charge is -2.20. The van der Waals surface area contributed by atoms with Crippen molar-refractivity contribution in [3.05, 3.63) is 36.5 Å². The Bertz CT molecular complexity index is 905. The van der Waals surface area contributed by atoms with Gasteiger partial charge in [0, 0.05) is 12.8 Å². The summed E-state index contributed by atoms with van der Waals surface area (Å²) in [6.45, 7) is 2.19. The summed E-state index contributed by atoms with van der Waals surface area (Å²) in [6, 6.07) is 0. The molecule has 0 saturated carbocycles. The van der Waals surface area contributed by atoms with Crippen molar-refractivity contribution in [3.63, 3.8) is 0 Å². The van der Waals surface area contributed by atoms with Crippen LogP contribution in [0.4, 0.5) is 0 Å². The highest BCUT2D eigenvalue weighted by atomic mass is 31.2. The molecule has 11 heteroatoms. The van der Waals surface area contributed by atoms with Crippen LogP contribution >= 0.6 is 7.82 Å². The number of aliphatic hydroxyl groups is 2. The molecule has 0 aliphatic carbocycles. The van der Waals surface area contributed by atoms with Crippen LogP contribution in [0.15, 0.2) is 36.5 Å². The number of phosphoric ester groups is 1. The molecule has 0 saturated heterocycles. The first-order valence-corrected chi connectivity index (χ1v) is 20.0. The van der Waals surface area contributed by atoms with Gasteiger partial charge < -0.3 is 24.6 Å². The van der Waals surface area contributed by atoms with Crippen LogP contribution in [0.25, 0.3) is 0 Å². The van der Waals surface area contributed by atoms with Crippen LogP contribution in [0, 0.1) is 0 Å². The number of phosphoric acid groups is 1. The molecule has 0 fully saturated rings. The lowest BCUT2D eigenvalue weighted by atomic mass is 10.0. The molecule has 3 N–H and O–H groups in total. The molecule has 0 aliphatic heterocycles. The van der Waals surface area contributed by atoms with E-state index in [1.165, 1.54) is 51.4 Å². The molecule has 0 rings (SSSR count). The lowest BCUT2D eigenvalue weighted by Crippen LogP contribution is -2.29. The van der Waals surface area contributed by atoms with Gasteiger partial charge >= 0.3 is 19.8 Å². The summed E-state index contributed by atoms with van der Waals surface area (Å²) in [5.74, 6) is -0.950. The third kappa shape index (κ3) is 32.7. The van der Waals surface area contributed by atoms with E-state index in [1.54, 1.807) is 0 Å². The maximum absolute atomic E-state index is 12.5. The van der Waals surface area contributed by atoms with Crippen LogP contribution in [0.1, 0.15) is 149 Å². The van der Waals surface area contributed by atoms with Crippen LogP contribution in [-0.2, 0) is 32.7 Å². The molecule has 0 aromatic carbocycles. The van der Waals surface area contributed by atoms with E-state index in [9.17, 15) is 24.2 Å². The molecular weight excluding hydrogens is 635 g/mol. The zero-order chi connectivity index (χ0) is 35.6. The molecule has 3 atom stereocenters. The summed E-state index contributed by atoms with van der Waals surface area (Å²) in [5, 5.41) is 18.2. The van der Waals surface area contributed by atoms with Crippen molar-refractivity contribution < 1.29 is 47.8 Å². The van der Waals surface area contributed by atoms with Gasteiger partial charge in [0.15, 0.2) is 6.10 Å². The summed E-state index contributed by atoms with van der Waals surface area (Å²) in [6.07, 6.45) is 31.2. The standard InChI is InChI=1S/C37H67O10P/c1-3-5-7-9-11-13-15-17-19-21-23-25-27-29-37(41)47-35(33-46-48(42,43)45-31-34(39)30-38)32-44-36(40)28-26-24-22-20-18-16-14-12-10-8-6-4-2/h5,7,9,11,13,15,34-35,38-39H,3-4,6,8,10,12,14,16-33H2,1-2H3,(H,42,43)/b7-5+,11-9+,15-13+/t34-,35?/m0/s1. The second-order valence-corrected chi connectivity index (χ2v) is 13.7. The fraction of sp³-hybridized carbons (Fsp3) is 0.784. The molecule has 48 heavy (non-hydrogen) atoms. The van der Waals surface area contributed by atoms with Crippen LogP contribution in [0.5, 0.6) is 0 Å². The Hall–Kier alpha value is -1.81. The Balaban J connectivity index is 4.42. The number of rotatable bonds is 34. The SMILES string of the molecule is CC/C=C/C=C/C=C/CCCCCCCC(=O)OC(COC(=O)CCCCCCCCCCCCCC)COP(=O)(O)OC[C@@H](O)CO. The first-order valence-electron chi connectivity index (χ1n) is 18.5. The number of hydrogen-bond donors (Lipinski definition) is 3. The van der Waals surface area contributed by atoms with E-state index in [1.807, 2.05) is 24.3 Å². The average Bonchev–Trinajstić information content (AvgIpc) is 3.07. The number of ether oxygens (including phenoxy) is 2. The van der Waals surface area contributed by atoms with Gasteiger partial charge in [0.05, 0.1) is 19.8 Å².